The highest BCUT2D eigenvalue weighted by Crippen LogP contribution is 2.12. The largest absolute Gasteiger partial charge is 0.480 e. The average molecular weight is 374 g/mol. The van der Waals surface area contributed by atoms with Crippen molar-refractivity contribution in [2.24, 2.45) is 0 Å². The minimum atomic E-state index is -0.933. The van der Waals surface area contributed by atoms with Gasteiger partial charge in [0.25, 0.3) is 0 Å². The molecule has 0 rings (SSSR count). The molecule has 148 valence electrons. The molecule has 1 amide bonds. The molecule has 0 saturated heterocycles. The van der Waals surface area contributed by atoms with Crippen molar-refractivity contribution in [2.45, 2.75) is 103 Å². The fourth-order valence-corrected chi connectivity index (χ4v) is 3.36. The van der Waals surface area contributed by atoms with Crippen LogP contribution in [0.3, 0.4) is 0 Å². The third-order valence-corrected chi connectivity index (χ3v) is 5.15. The van der Waals surface area contributed by atoms with Crippen LogP contribution in [-0.4, -0.2) is 35.0 Å². The molecule has 0 saturated carbocycles. The standard InChI is InChI=1S/C20H39NO3S/c1-3-4-5-6-7-8-9-10-11-12-13-14-15-19(22)21-18(20(23)24)16-17-25-2/h18H,3-17H2,1-2H3,(H,21,22)(H,23,24). The molecular formula is C20H39NO3S. The maximum Gasteiger partial charge on any atom is 0.326 e. The van der Waals surface area contributed by atoms with Crippen molar-refractivity contribution in [1.29, 1.82) is 0 Å². The monoisotopic (exact) mass is 373 g/mol. The van der Waals surface area contributed by atoms with Gasteiger partial charge in [0.2, 0.25) is 5.91 Å². The first-order valence-corrected chi connectivity index (χ1v) is 11.5. The van der Waals surface area contributed by atoms with E-state index >= 15 is 0 Å². The number of amides is 1. The molecule has 0 aromatic carbocycles. The highest BCUT2D eigenvalue weighted by molar-refractivity contribution is 7.98. The SMILES string of the molecule is CCCCCCCCCCCCCCC(=O)NC(CCSC)C(=O)O. The Labute approximate surface area is 158 Å². The number of rotatable bonds is 18. The van der Waals surface area contributed by atoms with E-state index < -0.39 is 12.0 Å². The third kappa shape index (κ3) is 16.5. The Morgan fingerprint density at radius 2 is 1.36 bits per heavy atom. The Morgan fingerprint density at radius 3 is 1.80 bits per heavy atom. The average Bonchev–Trinajstić information content (AvgIpc) is 2.59. The van der Waals surface area contributed by atoms with Gasteiger partial charge in [-0.15, -0.1) is 0 Å². The lowest BCUT2D eigenvalue weighted by Gasteiger charge is -2.13. The first-order chi connectivity index (χ1) is 12.1. The molecule has 0 spiro atoms. The van der Waals surface area contributed by atoms with Crippen molar-refractivity contribution in [3.63, 3.8) is 0 Å². The van der Waals surface area contributed by atoms with E-state index in [0.717, 1.165) is 18.6 Å². The quantitative estimate of drug-likeness (QED) is 0.316. The van der Waals surface area contributed by atoms with Crippen LogP contribution in [0.4, 0.5) is 0 Å². The highest BCUT2D eigenvalue weighted by Gasteiger charge is 2.18. The third-order valence-electron chi connectivity index (χ3n) is 4.50. The summed E-state index contributed by atoms with van der Waals surface area (Å²) in [6, 6.07) is -0.739. The fourth-order valence-electron chi connectivity index (χ4n) is 2.89. The second-order valence-corrected chi connectivity index (χ2v) is 7.86. The second-order valence-electron chi connectivity index (χ2n) is 6.88. The summed E-state index contributed by atoms with van der Waals surface area (Å²) in [7, 11) is 0. The predicted molar refractivity (Wildman–Crippen MR) is 108 cm³/mol. The summed E-state index contributed by atoms with van der Waals surface area (Å²) >= 11 is 1.60. The Morgan fingerprint density at radius 1 is 0.880 bits per heavy atom. The normalized spacial score (nSPS) is 12.1. The summed E-state index contributed by atoms with van der Waals surface area (Å²) in [5.74, 6) is -0.312. The number of nitrogens with one attached hydrogen (secondary N) is 1. The number of aliphatic carboxylic acids is 1. The van der Waals surface area contributed by atoms with Gasteiger partial charge < -0.3 is 10.4 Å². The van der Waals surface area contributed by atoms with Gasteiger partial charge >= 0.3 is 5.97 Å². The number of hydrogen-bond donors (Lipinski definition) is 2. The van der Waals surface area contributed by atoms with Gasteiger partial charge in [0.05, 0.1) is 0 Å². The maximum atomic E-state index is 11.8. The molecule has 25 heavy (non-hydrogen) atoms. The van der Waals surface area contributed by atoms with Crippen molar-refractivity contribution in [2.75, 3.05) is 12.0 Å². The minimum Gasteiger partial charge on any atom is -0.480 e. The van der Waals surface area contributed by atoms with Crippen LogP contribution in [0.5, 0.6) is 0 Å². The zero-order chi connectivity index (χ0) is 18.8. The Kier molecular flexibility index (Phi) is 17.6. The smallest absolute Gasteiger partial charge is 0.326 e. The van der Waals surface area contributed by atoms with Gasteiger partial charge in [0, 0.05) is 6.42 Å². The second kappa shape index (κ2) is 18.1. The number of hydrogen-bond acceptors (Lipinski definition) is 3. The molecule has 0 fully saturated rings. The number of carboxylic acid groups (broad SMARTS) is 1. The minimum absolute atomic E-state index is 0.124. The molecule has 4 nitrogen and oxygen atoms in total. The Hall–Kier alpha value is -0.710. The Bertz CT molecular complexity index is 337. The summed E-state index contributed by atoms with van der Waals surface area (Å²) in [6.45, 7) is 2.25. The van der Waals surface area contributed by atoms with Gasteiger partial charge in [-0.1, -0.05) is 77.6 Å². The summed E-state index contributed by atoms with van der Waals surface area (Å²) < 4.78 is 0. The van der Waals surface area contributed by atoms with Crippen molar-refractivity contribution in [3.8, 4) is 0 Å². The van der Waals surface area contributed by atoms with Crippen LogP contribution in [-0.2, 0) is 9.59 Å². The predicted octanol–water partition coefficient (Wildman–Crippen LogP) is 5.40. The molecule has 2 N–H and O–H groups in total. The van der Waals surface area contributed by atoms with E-state index in [0.29, 0.717) is 12.8 Å². The maximum absolute atomic E-state index is 11.8. The molecule has 1 atom stereocenters. The van der Waals surface area contributed by atoms with E-state index in [1.165, 1.54) is 64.2 Å². The first kappa shape index (κ1) is 24.3. The lowest BCUT2D eigenvalue weighted by atomic mass is 10.0. The number of carbonyl (C=O) groups excluding carboxylic acids is 1. The topological polar surface area (TPSA) is 66.4 Å². The molecule has 0 aliphatic rings. The van der Waals surface area contributed by atoms with Gasteiger partial charge in [-0.05, 0) is 24.9 Å². The van der Waals surface area contributed by atoms with E-state index in [9.17, 15) is 9.59 Å². The molecule has 0 aliphatic heterocycles. The molecule has 0 aromatic rings. The molecular weight excluding hydrogens is 334 g/mol. The van der Waals surface area contributed by atoms with E-state index in [4.69, 9.17) is 5.11 Å². The summed E-state index contributed by atoms with van der Waals surface area (Å²) in [6.07, 6.45) is 18.1. The molecule has 0 heterocycles. The first-order valence-electron chi connectivity index (χ1n) is 10.1. The van der Waals surface area contributed by atoms with Gasteiger partial charge in [-0.3, -0.25) is 4.79 Å². The molecule has 0 aromatic heterocycles. The number of carboxylic acids is 1. The van der Waals surface area contributed by atoms with Crippen LogP contribution in [0.1, 0.15) is 96.8 Å². The fraction of sp³-hybridized carbons (Fsp3) is 0.900. The molecule has 0 radical (unpaired) electrons. The lowest BCUT2D eigenvalue weighted by Crippen LogP contribution is -2.41. The number of thioether (sulfide) groups is 1. The zero-order valence-electron chi connectivity index (χ0n) is 16.4. The Balaban J connectivity index is 3.46. The molecule has 1 unspecified atom stereocenters. The van der Waals surface area contributed by atoms with Gasteiger partial charge in [0.1, 0.15) is 6.04 Å². The van der Waals surface area contributed by atoms with E-state index in [2.05, 4.69) is 12.2 Å². The van der Waals surface area contributed by atoms with E-state index in [-0.39, 0.29) is 5.91 Å². The van der Waals surface area contributed by atoms with Crippen LogP contribution in [0.2, 0.25) is 0 Å². The van der Waals surface area contributed by atoms with Crippen molar-refractivity contribution >= 4 is 23.6 Å². The molecule has 0 aliphatic carbocycles. The van der Waals surface area contributed by atoms with E-state index in [1.807, 2.05) is 6.26 Å². The van der Waals surface area contributed by atoms with Crippen LogP contribution < -0.4 is 5.32 Å². The summed E-state index contributed by atoms with van der Waals surface area (Å²) in [5.41, 5.74) is 0. The van der Waals surface area contributed by atoms with Crippen LogP contribution in [0, 0.1) is 0 Å². The molecule has 0 bridgehead atoms. The van der Waals surface area contributed by atoms with Gasteiger partial charge in [-0.2, -0.15) is 11.8 Å². The van der Waals surface area contributed by atoms with Crippen molar-refractivity contribution < 1.29 is 14.7 Å². The van der Waals surface area contributed by atoms with E-state index in [1.54, 1.807) is 11.8 Å². The number of unbranched alkanes of at least 4 members (excludes halogenated alkanes) is 11. The zero-order valence-corrected chi connectivity index (χ0v) is 17.2. The number of carbonyl (C=O) groups is 2. The molecule has 5 heteroatoms. The highest BCUT2D eigenvalue weighted by atomic mass is 32.2. The summed E-state index contributed by atoms with van der Waals surface area (Å²) in [4.78, 5) is 22.9. The van der Waals surface area contributed by atoms with Gasteiger partial charge in [0.15, 0.2) is 0 Å². The van der Waals surface area contributed by atoms with Crippen molar-refractivity contribution in [3.05, 3.63) is 0 Å². The van der Waals surface area contributed by atoms with Crippen LogP contribution >= 0.6 is 11.8 Å². The lowest BCUT2D eigenvalue weighted by molar-refractivity contribution is -0.141. The van der Waals surface area contributed by atoms with Gasteiger partial charge in [-0.25, -0.2) is 4.79 Å². The van der Waals surface area contributed by atoms with Crippen LogP contribution in [0.25, 0.3) is 0 Å². The summed E-state index contributed by atoms with van der Waals surface area (Å²) in [5, 5.41) is 11.7. The van der Waals surface area contributed by atoms with Crippen LogP contribution in [0.15, 0.2) is 0 Å². The van der Waals surface area contributed by atoms with Crippen molar-refractivity contribution in [1.82, 2.24) is 5.32 Å².